The van der Waals surface area contributed by atoms with Crippen LogP contribution in [0.4, 0.5) is 0 Å². The molecule has 13 heteroatoms. The molecular formula is C12H12O12Ru. The van der Waals surface area contributed by atoms with Crippen LogP contribution < -0.4 is 0 Å². The molecule has 0 spiro atoms. The van der Waals surface area contributed by atoms with Crippen molar-refractivity contribution in [2.45, 2.75) is 0 Å². The number of carbonyl (C=O) groups is 12. The Hall–Kier alpha value is -3.34. The molecule has 0 atom stereocenters. The molecule has 0 radical (unpaired) electrons. The van der Waals surface area contributed by atoms with Crippen LogP contribution >= 0.6 is 0 Å². The Morgan fingerprint density at radius 3 is 0.320 bits per heavy atom. The average molecular weight is 449 g/mol. The van der Waals surface area contributed by atoms with Crippen molar-refractivity contribution in [3.8, 4) is 0 Å². The number of hydrogen-bond donors (Lipinski definition) is 0. The third-order valence-corrected chi connectivity index (χ3v) is 37.6. The van der Waals surface area contributed by atoms with Gasteiger partial charge in [-0.25, -0.2) is 0 Å². The van der Waals surface area contributed by atoms with Crippen molar-refractivity contribution in [1.29, 1.82) is 0 Å². The van der Waals surface area contributed by atoms with Gasteiger partial charge in [-0.1, -0.05) is 0 Å². The zero-order valence-electron chi connectivity index (χ0n) is 12.2. The van der Waals surface area contributed by atoms with E-state index >= 15 is 0 Å². The second-order valence-electron chi connectivity index (χ2n) is 8.78. The normalized spacial score (nSPS) is 27.8. The number of rotatable bonds is 12. The van der Waals surface area contributed by atoms with Gasteiger partial charge in [-0.05, 0) is 0 Å². The van der Waals surface area contributed by atoms with Gasteiger partial charge in [-0.15, -0.1) is 0 Å². The summed E-state index contributed by atoms with van der Waals surface area (Å²) in [4.78, 5) is 123. The fraction of sp³-hybridized carbons (Fsp3) is 0. The average Bonchev–Trinajstić information content (AvgIpc) is 2.79. The molecule has 0 aliphatic rings. The van der Waals surface area contributed by atoms with Gasteiger partial charge in [0.1, 0.15) is 0 Å². The molecule has 0 saturated carbocycles. The van der Waals surface area contributed by atoms with Crippen LogP contribution in [0, 0.1) is 0 Å². The predicted octanol–water partition coefficient (Wildman–Crippen LogP) is -3.29. The van der Waals surface area contributed by atoms with Gasteiger partial charge < -0.3 is 0 Å². The zero-order chi connectivity index (χ0) is 20.8. The SMILES string of the molecule is O=[CH][Ru]([CH]=O)([CH]=O)([CH]=O)([CH]=O)([CH]=O)([CH]=O)([CH]=O)([CH]=O)([CH]=O)([CH]=O)[CH]=O. The minimum atomic E-state index is -14.3. The monoisotopic (exact) mass is 450 g/mol. The molecule has 0 aromatic heterocycles. The van der Waals surface area contributed by atoms with Crippen LogP contribution in [0.15, 0.2) is 0 Å². The van der Waals surface area contributed by atoms with Crippen molar-refractivity contribution in [3.63, 3.8) is 0 Å². The van der Waals surface area contributed by atoms with Crippen LogP contribution in [-0.4, -0.2) is 58.6 Å². The molecular weight excluding hydrogens is 437 g/mol. The van der Waals surface area contributed by atoms with E-state index < -0.39 is 63.9 Å². The third-order valence-electron chi connectivity index (χ3n) is 6.35. The topological polar surface area (TPSA) is 205 Å². The van der Waals surface area contributed by atoms with E-state index in [2.05, 4.69) is 0 Å². The summed E-state index contributed by atoms with van der Waals surface area (Å²) in [5, 5.41) is -14.3. The summed E-state index contributed by atoms with van der Waals surface area (Å²) in [5.74, 6) is 0. The first-order valence-corrected chi connectivity index (χ1v) is 17.3. The molecule has 0 bridgehead atoms. The van der Waals surface area contributed by atoms with E-state index in [4.69, 9.17) is 0 Å². The van der Waals surface area contributed by atoms with Crippen LogP contribution in [-0.2, 0) is 62.9 Å². The quantitative estimate of drug-likeness (QED) is 0.212. The molecule has 0 aromatic rings. The summed E-state index contributed by atoms with van der Waals surface area (Å²) in [7, 11) is 0. The van der Waals surface area contributed by atoms with Crippen molar-refractivity contribution in [2.24, 2.45) is 0 Å². The molecule has 140 valence electrons. The molecule has 0 aromatic carbocycles. The Morgan fingerprint density at radius 2 is 0.320 bits per heavy atom. The summed E-state index contributed by atoms with van der Waals surface area (Å²) >= 11 is 0. The molecule has 0 N–H and O–H groups in total. The molecule has 0 unspecified atom stereocenters. The summed E-state index contributed by atoms with van der Waals surface area (Å²) < 4.78 is 0. The Kier molecular flexibility index (Phi) is 1.24. The van der Waals surface area contributed by atoms with E-state index in [1.165, 1.54) is 0 Å². The Bertz CT molecular complexity index is 839. The van der Waals surface area contributed by atoms with E-state index in [1.54, 1.807) is 0 Å². The van der Waals surface area contributed by atoms with Crippen molar-refractivity contribution in [2.75, 3.05) is 0 Å². The molecule has 0 aliphatic heterocycles. The summed E-state index contributed by atoms with van der Waals surface area (Å²) in [6.45, 7) is 0. The van der Waals surface area contributed by atoms with Gasteiger partial charge in [0.25, 0.3) is 0 Å². The number of hydrogen-bond acceptors (Lipinski definition) is 12. The first kappa shape index (κ1) is 21.7. The Labute approximate surface area is 122 Å². The maximum absolute atomic E-state index is 14.3. The van der Waals surface area contributed by atoms with Crippen LogP contribution in [0.1, 0.15) is 0 Å². The van der Waals surface area contributed by atoms with E-state index in [-0.39, 0.29) is 0 Å². The molecule has 0 heterocycles. The van der Waals surface area contributed by atoms with Gasteiger partial charge in [0.15, 0.2) is 0 Å². The Balaban J connectivity index is 12.5. The summed E-state index contributed by atoms with van der Waals surface area (Å²) in [6.07, 6.45) is 0. The standard InChI is InChI=1S/12CHO.Ru/c12*1-2;/h12*1H;. The van der Waals surface area contributed by atoms with Gasteiger partial charge in [-0.2, -0.15) is 0 Å². The molecule has 0 fully saturated rings. The van der Waals surface area contributed by atoms with E-state index in [9.17, 15) is 57.5 Å². The fourth-order valence-corrected chi connectivity index (χ4v) is 7.67. The minimum absolute atomic E-state index is 2.23. The second kappa shape index (κ2) is 1.43. The van der Waals surface area contributed by atoms with E-state index in [1.807, 2.05) is 0 Å². The zero-order valence-corrected chi connectivity index (χ0v) is 13.9. The predicted molar refractivity (Wildman–Crippen MR) is 81.0 cm³/mol. The van der Waals surface area contributed by atoms with Crippen LogP contribution in [0.25, 0.3) is 0 Å². The fourth-order valence-electron chi connectivity index (χ4n) is 1.30. The van der Waals surface area contributed by atoms with Crippen LogP contribution in [0.2, 0.25) is 0 Å². The van der Waals surface area contributed by atoms with Gasteiger partial charge in [0, 0.05) is 0 Å². The number of carbonyl (C=O) groups excluding carboxylic acids is 12. The first-order valence-electron chi connectivity index (χ1n) is 5.28. The van der Waals surface area contributed by atoms with Crippen LogP contribution in [0.3, 0.4) is 0 Å². The molecule has 0 saturated heterocycles. The Morgan fingerprint density at radius 1 is 0.240 bits per heavy atom. The van der Waals surface area contributed by atoms with Crippen molar-refractivity contribution in [3.05, 3.63) is 0 Å². The van der Waals surface area contributed by atoms with E-state index in [0.717, 1.165) is 0 Å². The third kappa shape index (κ3) is 0.435. The van der Waals surface area contributed by atoms with Gasteiger partial charge in [-0.3, -0.25) is 0 Å². The van der Waals surface area contributed by atoms with Crippen molar-refractivity contribution in [1.82, 2.24) is 0 Å². The van der Waals surface area contributed by atoms with Crippen LogP contribution in [0.5, 0.6) is 0 Å². The second-order valence-corrected chi connectivity index (χ2v) is 51.9. The van der Waals surface area contributed by atoms with E-state index in [0.29, 0.717) is 0 Å². The summed E-state index contributed by atoms with van der Waals surface area (Å²) in [5.41, 5.74) is 0. The molecule has 25 heavy (non-hydrogen) atoms. The van der Waals surface area contributed by atoms with Crippen molar-refractivity contribution < 1.29 is 62.9 Å². The maximum atomic E-state index is 12.4. The molecule has 0 amide bonds. The van der Waals surface area contributed by atoms with Gasteiger partial charge in [0.05, 0.1) is 0 Å². The summed E-state index contributed by atoms with van der Waals surface area (Å²) in [6, 6.07) is 0. The van der Waals surface area contributed by atoms with Gasteiger partial charge in [0.2, 0.25) is 0 Å². The first-order chi connectivity index (χ1) is 10.9. The molecule has 0 rings (SSSR count). The van der Waals surface area contributed by atoms with Crippen molar-refractivity contribution >= 4 is 58.6 Å². The molecule has 0 aliphatic carbocycles. The molecule has 12 nitrogen and oxygen atoms in total. The van der Waals surface area contributed by atoms with Gasteiger partial charge >= 0.3 is 121 Å².